The van der Waals surface area contributed by atoms with Crippen LogP contribution in [0.25, 0.3) is 11.4 Å². The van der Waals surface area contributed by atoms with Crippen LogP contribution in [0.4, 0.5) is 0 Å². The zero-order valence-corrected chi connectivity index (χ0v) is 16.7. The number of likely N-dealkylation sites (tertiary alicyclic amines) is 1. The van der Waals surface area contributed by atoms with E-state index >= 15 is 0 Å². The molecular weight excluding hydrogens is 364 g/mol. The van der Waals surface area contributed by atoms with Crippen LogP contribution >= 0.6 is 0 Å². The summed E-state index contributed by atoms with van der Waals surface area (Å²) in [6.07, 6.45) is 8.20. The number of benzene rings is 1. The van der Waals surface area contributed by atoms with Crippen LogP contribution in [0.1, 0.15) is 41.5 Å². The van der Waals surface area contributed by atoms with Gasteiger partial charge in [-0.15, -0.1) is 0 Å². The van der Waals surface area contributed by atoms with Gasteiger partial charge in [-0.3, -0.25) is 9.69 Å². The fraction of sp³-hybridized carbons (Fsp3) is 0.409. The minimum absolute atomic E-state index is 0.0465. The lowest BCUT2D eigenvalue weighted by Gasteiger charge is -2.50. The fourth-order valence-corrected chi connectivity index (χ4v) is 5.02. The van der Waals surface area contributed by atoms with Gasteiger partial charge in [-0.2, -0.15) is 0 Å². The van der Waals surface area contributed by atoms with Gasteiger partial charge in [0.15, 0.2) is 0 Å². The minimum atomic E-state index is -0.0465. The van der Waals surface area contributed by atoms with Gasteiger partial charge in [-0.1, -0.05) is 19.1 Å². The van der Waals surface area contributed by atoms with E-state index in [1.165, 1.54) is 11.4 Å². The molecule has 1 spiro atoms. The van der Waals surface area contributed by atoms with Crippen LogP contribution in [0.3, 0.4) is 0 Å². The van der Waals surface area contributed by atoms with Crippen molar-refractivity contribution in [3.63, 3.8) is 0 Å². The summed E-state index contributed by atoms with van der Waals surface area (Å²) in [6, 6.07) is 7.72. The second-order valence-electron chi connectivity index (χ2n) is 7.90. The summed E-state index contributed by atoms with van der Waals surface area (Å²) in [4.78, 5) is 33.2. The van der Waals surface area contributed by atoms with Gasteiger partial charge >= 0.3 is 0 Å². The van der Waals surface area contributed by atoms with E-state index in [0.717, 1.165) is 56.8 Å². The number of nitrogens with zero attached hydrogens (tertiary/aromatic N) is 4. The molecule has 0 aliphatic carbocycles. The van der Waals surface area contributed by atoms with E-state index in [9.17, 15) is 4.79 Å². The van der Waals surface area contributed by atoms with Crippen LogP contribution < -0.4 is 0 Å². The first-order chi connectivity index (χ1) is 14.2. The number of aromatic nitrogens is 4. The Morgan fingerprint density at radius 1 is 1.17 bits per heavy atom. The van der Waals surface area contributed by atoms with Crippen molar-refractivity contribution in [1.29, 1.82) is 0 Å². The third-order valence-electron chi connectivity index (χ3n) is 6.54. The molecule has 2 aliphatic heterocycles. The maximum Gasteiger partial charge on any atom is 0.253 e. The third-order valence-corrected chi connectivity index (χ3v) is 6.54. The molecule has 1 aromatic carbocycles. The molecule has 2 N–H and O–H groups in total. The first-order valence-electron chi connectivity index (χ1n) is 10.4. The molecule has 29 heavy (non-hydrogen) atoms. The van der Waals surface area contributed by atoms with E-state index in [2.05, 4.69) is 31.8 Å². The van der Waals surface area contributed by atoms with Crippen molar-refractivity contribution in [3.8, 4) is 11.4 Å². The van der Waals surface area contributed by atoms with Gasteiger partial charge in [0.2, 0.25) is 0 Å². The number of amides is 1. The van der Waals surface area contributed by atoms with E-state index in [4.69, 9.17) is 0 Å². The molecule has 3 aromatic rings. The van der Waals surface area contributed by atoms with Gasteiger partial charge in [0.05, 0.1) is 17.6 Å². The number of H-pyrrole nitrogens is 2. The Kier molecular flexibility index (Phi) is 4.47. The molecule has 7 heteroatoms. The molecule has 1 fully saturated rings. The molecule has 0 bridgehead atoms. The number of aromatic amines is 2. The van der Waals surface area contributed by atoms with Gasteiger partial charge < -0.3 is 14.9 Å². The first-order valence-corrected chi connectivity index (χ1v) is 10.4. The molecule has 7 nitrogen and oxygen atoms in total. The van der Waals surface area contributed by atoms with Gasteiger partial charge in [-0.05, 0) is 31.5 Å². The Hall–Kier alpha value is -2.93. The van der Waals surface area contributed by atoms with Crippen molar-refractivity contribution in [2.24, 2.45) is 0 Å². The lowest BCUT2D eigenvalue weighted by molar-refractivity contribution is 0.0103. The summed E-state index contributed by atoms with van der Waals surface area (Å²) in [5.74, 6) is 0.874. The smallest absolute Gasteiger partial charge is 0.253 e. The normalized spacial score (nSPS) is 18.7. The highest BCUT2D eigenvalue weighted by atomic mass is 16.2. The molecule has 0 unspecified atom stereocenters. The Labute approximate surface area is 170 Å². The fourth-order valence-electron chi connectivity index (χ4n) is 5.02. The highest BCUT2D eigenvalue weighted by Crippen LogP contribution is 2.42. The number of likely N-dealkylation sites (N-methyl/N-ethyl adjacent to an activating group) is 1. The number of piperidine rings is 1. The van der Waals surface area contributed by atoms with E-state index in [1.54, 1.807) is 12.4 Å². The molecule has 0 saturated carbocycles. The van der Waals surface area contributed by atoms with Crippen molar-refractivity contribution in [3.05, 3.63) is 59.9 Å². The van der Waals surface area contributed by atoms with Crippen LogP contribution in [0.2, 0.25) is 0 Å². The molecular formula is C22H26N6O. The molecule has 4 heterocycles. The van der Waals surface area contributed by atoms with Crippen molar-refractivity contribution >= 4 is 5.91 Å². The Balaban J connectivity index is 1.36. The van der Waals surface area contributed by atoms with Crippen LogP contribution in [-0.4, -0.2) is 61.8 Å². The maximum atomic E-state index is 13.2. The standard InChI is InChI=1S/C22H26N6O/c1-2-28-11-6-18-19(26-15-25-18)22(28)7-12-27(13-8-22)21(29)17-5-3-4-16(14-17)20-23-9-10-24-20/h3-5,9-10,14-15H,2,6-8,11-13H2,1H3,(H,23,24)(H,25,26). The maximum absolute atomic E-state index is 13.2. The summed E-state index contributed by atoms with van der Waals surface area (Å²) in [6.45, 7) is 5.76. The van der Waals surface area contributed by atoms with Gasteiger partial charge in [-0.25, -0.2) is 9.97 Å². The molecule has 2 aromatic heterocycles. The van der Waals surface area contributed by atoms with Gasteiger partial charge in [0.25, 0.3) is 5.91 Å². The predicted octanol–water partition coefficient (Wildman–Crippen LogP) is 2.81. The monoisotopic (exact) mass is 390 g/mol. The summed E-state index contributed by atoms with van der Waals surface area (Å²) < 4.78 is 0. The first kappa shape index (κ1) is 18.1. The molecule has 150 valence electrons. The molecule has 1 saturated heterocycles. The number of hydrogen-bond donors (Lipinski definition) is 2. The summed E-state index contributed by atoms with van der Waals surface area (Å²) in [5, 5.41) is 0. The van der Waals surface area contributed by atoms with Crippen LogP contribution in [0, 0.1) is 0 Å². The largest absolute Gasteiger partial charge is 0.348 e. The lowest BCUT2D eigenvalue weighted by Crippen LogP contribution is -2.57. The van der Waals surface area contributed by atoms with Crippen molar-refractivity contribution < 1.29 is 4.79 Å². The highest BCUT2D eigenvalue weighted by molar-refractivity contribution is 5.95. The van der Waals surface area contributed by atoms with Crippen LogP contribution in [0.5, 0.6) is 0 Å². The summed E-state index contributed by atoms with van der Waals surface area (Å²) in [7, 11) is 0. The van der Waals surface area contributed by atoms with E-state index in [-0.39, 0.29) is 11.4 Å². The summed E-state index contributed by atoms with van der Waals surface area (Å²) in [5.41, 5.74) is 4.05. The third kappa shape index (κ3) is 2.97. The Morgan fingerprint density at radius 2 is 2.03 bits per heavy atom. The highest BCUT2D eigenvalue weighted by Gasteiger charge is 2.46. The number of fused-ring (bicyclic) bond motifs is 2. The second-order valence-corrected chi connectivity index (χ2v) is 7.90. The number of carbonyl (C=O) groups excluding carboxylic acids is 1. The molecule has 2 aliphatic rings. The van der Waals surface area contributed by atoms with Crippen LogP contribution in [-0.2, 0) is 12.0 Å². The zero-order valence-electron chi connectivity index (χ0n) is 16.7. The van der Waals surface area contributed by atoms with E-state index in [0.29, 0.717) is 5.56 Å². The Bertz CT molecular complexity index is 1000. The van der Waals surface area contributed by atoms with Crippen molar-refractivity contribution in [2.45, 2.75) is 31.7 Å². The lowest BCUT2D eigenvalue weighted by atomic mass is 9.78. The van der Waals surface area contributed by atoms with Crippen molar-refractivity contribution in [2.75, 3.05) is 26.2 Å². The number of nitrogens with one attached hydrogen (secondary N) is 2. The number of imidazole rings is 2. The quantitative estimate of drug-likeness (QED) is 0.721. The van der Waals surface area contributed by atoms with E-state index in [1.807, 2.05) is 35.5 Å². The molecule has 5 rings (SSSR count). The SMILES string of the molecule is CCN1CCc2[nH]cnc2C12CCN(C(=O)c1cccc(-c3ncc[nH]3)c1)CC2. The Morgan fingerprint density at radius 3 is 2.79 bits per heavy atom. The molecule has 0 radical (unpaired) electrons. The van der Waals surface area contributed by atoms with Crippen LogP contribution in [0.15, 0.2) is 43.0 Å². The van der Waals surface area contributed by atoms with Crippen molar-refractivity contribution in [1.82, 2.24) is 29.7 Å². The number of carbonyl (C=O) groups is 1. The van der Waals surface area contributed by atoms with Gasteiger partial charge in [0.1, 0.15) is 5.82 Å². The predicted molar refractivity (Wildman–Crippen MR) is 110 cm³/mol. The molecule has 1 amide bonds. The average molecular weight is 390 g/mol. The summed E-state index contributed by atoms with van der Waals surface area (Å²) >= 11 is 0. The average Bonchev–Trinajstić information content (AvgIpc) is 3.47. The minimum Gasteiger partial charge on any atom is -0.348 e. The number of rotatable bonds is 3. The topological polar surface area (TPSA) is 80.9 Å². The number of hydrogen-bond acceptors (Lipinski definition) is 4. The molecule has 0 atom stereocenters. The second kappa shape index (κ2) is 7.15. The van der Waals surface area contributed by atoms with Gasteiger partial charge in [0, 0.05) is 55.3 Å². The zero-order chi connectivity index (χ0) is 19.8. The van der Waals surface area contributed by atoms with E-state index < -0.39 is 0 Å².